The molecule has 2 fully saturated rings. The molecule has 52 heavy (non-hydrogen) atoms. The first kappa shape index (κ1) is 44.7. The maximum absolute atomic E-state index is 10.9. The Kier molecular flexibility index (Phi) is 18.8. The molecule has 0 spiro atoms. The van der Waals surface area contributed by atoms with Gasteiger partial charge >= 0.3 is 11.9 Å². The highest BCUT2D eigenvalue weighted by Gasteiger charge is 2.19. The van der Waals surface area contributed by atoms with Crippen LogP contribution < -0.4 is 30.3 Å². The van der Waals surface area contributed by atoms with E-state index in [2.05, 4.69) is 0 Å². The highest BCUT2D eigenvalue weighted by molar-refractivity contribution is 5.87. The van der Waals surface area contributed by atoms with Crippen LogP contribution in [0.3, 0.4) is 0 Å². The first-order valence-electron chi connectivity index (χ1n) is 16.5. The van der Waals surface area contributed by atoms with Gasteiger partial charge in [-0.05, 0) is 70.8 Å². The number of carbonyl (C=O) groups is 4. The van der Waals surface area contributed by atoms with E-state index in [0.717, 1.165) is 82.9 Å². The molecule has 10 N–H and O–H groups in total. The van der Waals surface area contributed by atoms with Crippen molar-refractivity contribution >= 4 is 45.4 Å². The number of hydrogen-bond donors (Lipinski definition) is 4. The summed E-state index contributed by atoms with van der Waals surface area (Å²) in [5.74, 6) is -2.81. The molecule has 4 aromatic rings. The Hall–Kier alpha value is -5.28. The number of hydrogen-bond acceptors (Lipinski definition) is 8. The number of benzene rings is 4. The lowest BCUT2D eigenvalue weighted by molar-refractivity contribution is -0.664. The van der Waals surface area contributed by atoms with Gasteiger partial charge in [-0.1, -0.05) is 48.5 Å². The molecule has 0 amide bonds. The maximum Gasteiger partial charge on any atom is 0.310 e. The number of fused-ring (bicyclic) bond motifs is 2. The van der Waals surface area contributed by atoms with Crippen LogP contribution in [0.15, 0.2) is 72.8 Å². The second-order valence-corrected chi connectivity index (χ2v) is 12.2. The SMILES string of the molecule is COc1ccc2cc([C@H](C)C(=O)O)ccc2c1.COc1ccc2cc([C@H](C)C(=O)O)ccc2c1.O.O.O=C([O-])[C@@H]1CCC[NH2+]1.O=C([O-])[C@H]1CCC[NH2+]1. The molecule has 0 saturated carbocycles. The number of carbonyl (C=O) groups excluding carboxylic acids is 2. The van der Waals surface area contributed by atoms with Crippen LogP contribution in [0.4, 0.5) is 0 Å². The number of ether oxygens (including phenoxy) is 2. The summed E-state index contributed by atoms with van der Waals surface area (Å²) >= 11 is 0. The number of quaternary nitrogens is 2. The maximum atomic E-state index is 10.9. The number of carboxylic acids is 4. The number of carboxylic acid groups (broad SMARTS) is 4. The molecule has 4 aromatic carbocycles. The monoisotopic (exact) mass is 726 g/mol. The summed E-state index contributed by atoms with van der Waals surface area (Å²) in [7, 11) is 3.25. The van der Waals surface area contributed by atoms with Crippen molar-refractivity contribution in [3.63, 3.8) is 0 Å². The molecule has 0 bridgehead atoms. The molecule has 0 aliphatic carbocycles. The third-order valence-electron chi connectivity index (χ3n) is 8.83. The Morgan fingerprint density at radius 3 is 1.19 bits per heavy atom. The van der Waals surface area contributed by atoms with E-state index in [4.69, 9.17) is 19.7 Å². The lowest BCUT2D eigenvalue weighted by atomic mass is 9.98. The average molecular weight is 727 g/mol. The van der Waals surface area contributed by atoms with Crippen LogP contribution in [0, 0.1) is 0 Å². The molecule has 2 saturated heterocycles. The van der Waals surface area contributed by atoms with Gasteiger partial charge in [-0.2, -0.15) is 0 Å². The van der Waals surface area contributed by atoms with Gasteiger partial charge in [0, 0.05) is 25.7 Å². The van der Waals surface area contributed by atoms with Crippen LogP contribution in [0.5, 0.6) is 11.5 Å². The van der Waals surface area contributed by atoms with Crippen molar-refractivity contribution in [2.75, 3.05) is 27.3 Å². The number of nitrogens with two attached hydrogens (primary N) is 2. The Labute approximate surface area is 302 Å². The third-order valence-corrected chi connectivity index (χ3v) is 8.83. The molecule has 2 aliphatic heterocycles. The zero-order valence-electron chi connectivity index (χ0n) is 29.8. The van der Waals surface area contributed by atoms with Crippen molar-refractivity contribution in [3.05, 3.63) is 83.9 Å². The lowest BCUT2D eigenvalue weighted by Crippen LogP contribution is -2.89. The van der Waals surface area contributed by atoms with E-state index in [9.17, 15) is 29.4 Å². The quantitative estimate of drug-likeness (QED) is 0.178. The van der Waals surface area contributed by atoms with Crippen LogP contribution in [-0.4, -0.2) is 84.4 Å². The topological polar surface area (TPSA) is 270 Å². The minimum absolute atomic E-state index is 0. The normalized spacial score (nSPS) is 16.8. The van der Waals surface area contributed by atoms with Gasteiger partial charge in [0.1, 0.15) is 23.6 Å². The summed E-state index contributed by atoms with van der Waals surface area (Å²) in [4.78, 5) is 42.0. The van der Waals surface area contributed by atoms with Crippen molar-refractivity contribution in [3.8, 4) is 11.5 Å². The van der Waals surface area contributed by atoms with Gasteiger partial charge in [0.05, 0.1) is 51.1 Å². The van der Waals surface area contributed by atoms with E-state index in [1.165, 1.54) is 0 Å². The lowest BCUT2D eigenvalue weighted by Gasteiger charge is -2.08. The number of aliphatic carboxylic acids is 4. The molecular formula is C38H50N2O12. The van der Waals surface area contributed by atoms with E-state index >= 15 is 0 Å². The van der Waals surface area contributed by atoms with Crippen molar-refractivity contribution in [2.24, 2.45) is 0 Å². The molecule has 6 rings (SSSR count). The van der Waals surface area contributed by atoms with Crippen molar-refractivity contribution in [1.82, 2.24) is 0 Å². The van der Waals surface area contributed by atoms with E-state index in [1.807, 2.05) is 83.4 Å². The smallest absolute Gasteiger partial charge is 0.310 e. The van der Waals surface area contributed by atoms with Crippen LogP contribution in [0.2, 0.25) is 0 Å². The third kappa shape index (κ3) is 13.1. The van der Waals surface area contributed by atoms with E-state index in [1.54, 1.807) is 28.1 Å². The highest BCUT2D eigenvalue weighted by atomic mass is 16.5. The van der Waals surface area contributed by atoms with E-state index in [0.29, 0.717) is 0 Å². The largest absolute Gasteiger partial charge is 0.544 e. The zero-order chi connectivity index (χ0) is 36.8. The fourth-order valence-corrected chi connectivity index (χ4v) is 5.54. The predicted octanol–water partition coefficient (Wildman–Crippen LogP) is -0.652. The minimum Gasteiger partial charge on any atom is -0.544 e. The molecular weight excluding hydrogens is 676 g/mol. The van der Waals surface area contributed by atoms with E-state index < -0.39 is 35.7 Å². The summed E-state index contributed by atoms with van der Waals surface area (Å²) in [6.07, 6.45) is 3.59. The standard InChI is InChI=1S/2C14H14O3.2C5H9NO2.2H2O/c2*1-9(14(15)16)10-3-4-12-8-13(17-2)6-5-11(12)7-10;2*7-5(8)4-2-1-3-6-4;;/h2*3-9H,1-2H3,(H,15,16);2*4,6H,1-3H2,(H,7,8);2*1H2/t2*9-;2*4-;;/m0010../s1. The Balaban J connectivity index is 0.000000362. The molecule has 0 radical (unpaired) electrons. The first-order valence-corrected chi connectivity index (χ1v) is 16.5. The summed E-state index contributed by atoms with van der Waals surface area (Å²) in [6.45, 7) is 5.26. The molecule has 2 aliphatic rings. The van der Waals surface area contributed by atoms with Crippen molar-refractivity contribution < 1.29 is 70.7 Å². The fraction of sp³-hybridized carbons (Fsp3) is 0.368. The second-order valence-electron chi connectivity index (χ2n) is 12.2. The van der Waals surface area contributed by atoms with Crippen LogP contribution in [-0.2, 0) is 19.2 Å². The van der Waals surface area contributed by atoms with Gasteiger partial charge in [-0.25, -0.2) is 0 Å². The Bertz CT molecular complexity index is 1640. The summed E-state index contributed by atoms with van der Waals surface area (Å²) in [5.41, 5.74) is 1.63. The van der Waals surface area contributed by atoms with Gasteiger partial charge in [-0.3, -0.25) is 9.59 Å². The summed E-state index contributed by atoms with van der Waals surface area (Å²) in [6, 6.07) is 22.3. The number of rotatable bonds is 8. The average Bonchev–Trinajstić information content (AvgIpc) is 3.87. The van der Waals surface area contributed by atoms with Crippen LogP contribution >= 0.6 is 0 Å². The second kappa shape index (κ2) is 21.8. The van der Waals surface area contributed by atoms with Crippen LogP contribution in [0.1, 0.15) is 62.5 Å². The molecule has 0 aromatic heterocycles. The van der Waals surface area contributed by atoms with Crippen LogP contribution in [0.25, 0.3) is 21.5 Å². The Morgan fingerprint density at radius 1 is 0.615 bits per heavy atom. The van der Waals surface area contributed by atoms with Crippen molar-refractivity contribution in [2.45, 2.75) is 63.5 Å². The predicted molar refractivity (Wildman–Crippen MR) is 190 cm³/mol. The zero-order valence-corrected chi connectivity index (χ0v) is 29.8. The van der Waals surface area contributed by atoms with E-state index in [-0.39, 0.29) is 23.0 Å². The molecule has 14 nitrogen and oxygen atoms in total. The fourth-order valence-electron chi connectivity index (χ4n) is 5.54. The molecule has 4 atom stereocenters. The molecule has 284 valence electrons. The van der Waals surface area contributed by atoms with Crippen molar-refractivity contribution in [1.29, 1.82) is 0 Å². The Morgan fingerprint density at radius 2 is 0.942 bits per heavy atom. The van der Waals surface area contributed by atoms with Gasteiger partial charge in [0.2, 0.25) is 0 Å². The van der Waals surface area contributed by atoms with Gasteiger partial charge in [0.25, 0.3) is 0 Å². The van der Waals surface area contributed by atoms with Gasteiger partial charge < -0.3 is 61.1 Å². The molecule has 0 unspecified atom stereocenters. The minimum atomic E-state index is -0.914. The van der Waals surface area contributed by atoms with Gasteiger partial charge in [0.15, 0.2) is 0 Å². The molecule has 14 heteroatoms. The summed E-state index contributed by atoms with van der Waals surface area (Å²) in [5, 5.41) is 45.8. The molecule has 2 heterocycles. The number of methoxy groups -OCH3 is 2. The highest BCUT2D eigenvalue weighted by Crippen LogP contribution is 2.26. The summed E-state index contributed by atoms with van der Waals surface area (Å²) < 4.78 is 10.3. The van der Waals surface area contributed by atoms with Gasteiger partial charge in [-0.15, -0.1) is 0 Å². The first-order chi connectivity index (χ1) is 23.8.